The van der Waals surface area contributed by atoms with Gasteiger partial charge in [-0.2, -0.15) is 0 Å². The van der Waals surface area contributed by atoms with Gasteiger partial charge in [-0.3, -0.25) is 4.79 Å². The maximum absolute atomic E-state index is 12.2. The summed E-state index contributed by atoms with van der Waals surface area (Å²) >= 11 is 0. The van der Waals surface area contributed by atoms with Crippen LogP contribution in [0.4, 0.5) is 0 Å². The number of rotatable bonds is 3. The van der Waals surface area contributed by atoms with Crippen molar-refractivity contribution in [3.05, 3.63) is 54.0 Å². The lowest BCUT2D eigenvalue weighted by molar-refractivity contribution is 0.0712. The summed E-state index contributed by atoms with van der Waals surface area (Å²) in [6.45, 7) is 1.34. The van der Waals surface area contributed by atoms with Crippen LogP contribution in [0.2, 0.25) is 0 Å². The second kappa shape index (κ2) is 6.17. The number of carbonyl (C=O) groups is 1. The molecule has 7 heteroatoms. The number of carbonyl (C=O) groups excluding carboxylic acids is 1. The summed E-state index contributed by atoms with van der Waals surface area (Å²) in [6.07, 6.45) is 4.64. The highest BCUT2D eigenvalue weighted by Crippen LogP contribution is 2.29. The van der Waals surface area contributed by atoms with Crippen LogP contribution in [0.5, 0.6) is 0 Å². The lowest BCUT2D eigenvalue weighted by Crippen LogP contribution is -2.37. The van der Waals surface area contributed by atoms with Crippen molar-refractivity contribution >= 4 is 15.9 Å². The smallest absolute Gasteiger partial charge is 0.257 e. The van der Waals surface area contributed by atoms with Gasteiger partial charge in [0.05, 0.1) is 16.7 Å². The van der Waals surface area contributed by atoms with Crippen molar-refractivity contribution < 1.29 is 17.6 Å². The van der Waals surface area contributed by atoms with Gasteiger partial charge >= 0.3 is 0 Å². The molecule has 0 saturated carbocycles. The average molecular weight is 334 g/mol. The van der Waals surface area contributed by atoms with Gasteiger partial charge in [0.1, 0.15) is 6.26 Å². The van der Waals surface area contributed by atoms with E-state index in [1.165, 1.54) is 24.7 Å². The molecule has 0 unspecified atom stereocenters. The molecule has 0 spiro atoms. The summed E-state index contributed by atoms with van der Waals surface area (Å²) < 4.78 is 27.5. The highest BCUT2D eigenvalue weighted by Gasteiger charge is 2.25. The van der Waals surface area contributed by atoms with E-state index in [4.69, 9.17) is 9.56 Å². The second-order valence-corrected chi connectivity index (χ2v) is 7.25. The van der Waals surface area contributed by atoms with Gasteiger partial charge in [0.2, 0.25) is 10.0 Å². The van der Waals surface area contributed by atoms with Gasteiger partial charge in [-0.15, -0.1) is 0 Å². The molecule has 0 aliphatic carbocycles. The summed E-state index contributed by atoms with van der Waals surface area (Å²) in [6, 6.07) is 8.34. The first-order chi connectivity index (χ1) is 10.9. The third-order valence-corrected chi connectivity index (χ3v) is 5.16. The molecule has 1 saturated heterocycles. The zero-order valence-corrected chi connectivity index (χ0v) is 13.3. The summed E-state index contributed by atoms with van der Waals surface area (Å²) in [5.74, 6) is 0.305. The number of furan rings is 1. The number of benzene rings is 1. The molecule has 0 radical (unpaired) electrons. The van der Waals surface area contributed by atoms with E-state index in [1.54, 1.807) is 18.2 Å². The van der Waals surface area contributed by atoms with Crippen LogP contribution in [0.15, 0.2) is 52.2 Å². The SMILES string of the molecule is NS(=O)(=O)c1ccc(C2CCN(C(=O)c3ccoc3)CC2)cc1. The number of nitrogens with two attached hydrogens (primary N) is 1. The normalized spacial score (nSPS) is 16.5. The Bertz CT molecular complexity index is 774. The topological polar surface area (TPSA) is 93.6 Å². The van der Waals surface area contributed by atoms with Crippen molar-refractivity contribution in [2.45, 2.75) is 23.7 Å². The zero-order chi connectivity index (χ0) is 16.4. The van der Waals surface area contributed by atoms with Gasteiger partial charge in [0.15, 0.2) is 0 Å². The summed E-state index contributed by atoms with van der Waals surface area (Å²) in [5, 5.41) is 5.10. The molecule has 1 aliphatic rings. The summed E-state index contributed by atoms with van der Waals surface area (Å²) in [7, 11) is -3.66. The number of piperidine rings is 1. The number of sulfonamides is 1. The van der Waals surface area contributed by atoms with E-state index in [-0.39, 0.29) is 10.8 Å². The van der Waals surface area contributed by atoms with Crippen LogP contribution in [0.25, 0.3) is 0 Å². The van der Waals surface area contributed by atoms with E-state index in [0.29, 0.717) is 24.6 Å². The maximum Gasteiger partial charge on any atom is 0.257 e. The number of amides is 1. The summed E-state index contributed by atoms with van der Waals surface area (Å²) in [5.41, 5.74) is 1.65. The van der Waals surface area contributed by atoms with Crippen LogP contribution < -0.4 is 5.14 Å². The average Bonchev–Trinajstić information content (AvgIpc) is 3.08. The molecule has 3 rings (SSSR count). The number of nitrogens with zero attached hydrogens (tertiary/aromatic N) is 1. The van der Waals surface area contributed by atoms with Crippen molar-refractivity contribution in [1.29, 1.82) is 0 Å². The number of primary sulfonamides is 1. The number of hydrogen-bond donors (Lipinski definition) is 1. The zero-order valence-electron chi connectivity index (χ0n) is 12.5. The Morgan fingerprint density at radius 3 is 2.30 bits per heavy atom. The van der Waals surface area contributed by atoms with Gasteiger partial charge in [-0.05, 0) is 42.5 Å². The highest BCUT2D eigenvalue weighted by atomic mass is 32.2. The largest absolute Gasteiger partial charge is 0.472 e. The molecule has 1 aromatic carbocycles. The Hall–Kier alpha value is -2.12. The lowest BCUT2D eigenvalue weighted by atomic mass is 9.89. The van der Waals surface area contributed by atoms with Gasteiger partial charge in [-0.1, -0.05) is 12.1 Å². The molecule has 0 bridgehead atoms. The van der Waals surface area contributed by atoms with Gasteiger partial charge in [0, 0.05) is 13.1 Å². The molecule has 6 nitrogen and oxygen atoms in total. The van der Waals surface area contributed by atoms with E-state index in [2.05, 4.69) is 0 Å². The Morgan fingerprint density at radius 1 is 1.13 bits per heavy atom. The minimum atomic E-state index is -3.66. The molecule has 2 N–H and O–H groups in total. The van der Waals surface area contributed by atoms with Crippen LogP contribution in [0.3, 0.4) is 0 Å². The quantitative estimate of drug-likeness (QED) is 0.928. The molecule has 2 aromatic rings. The third-order valence-electron chi connectivity index (χ3n) is 4.23. The van der Waals surface area contributed by atoms with Crippen LogP contribution in [0.1, 0.15) is 34.7 Å². The molecular formula is C16H18N2O4S. The molecule has 0 atom stereocenters. The van der Waals surface area contributed by atoms with Crippen LogP contribution >= 0.6 is 0 Å². The fourth-order valence-electron chi connectivity index (χ4n) is 2.91. The first-order valence-corrected chi connectivity index (χ1v) is 8.94. The van der Waals surface area contributed by atoms with Crippen LogP contribution in [0, 0.1) is 0 Å². The van der Waals surface area contributed by atoms with Crippen molar-refractivity contribution in [3.63, 3.8) is 0 Å². The van der Waals surface area contributed by atoms with E-state index in [1.807, 2.05) is 4.90 Å². The standard InChI is InChI=1S/C16H18N2O4S/c17-23(20,21)15-3-1-12(2-4-15)13-5-8-18(9-6-13)16(19)14-7-10-22-11-14/h1-4,7,10-11,13H,5-6,8-9H2,(H2,17,20,21). The molecule has 1 aliphatic heterocycles. The second-order valence-electron chi connectivity index (χ2n) is 5.69. The summed E-state index contributed by atoms with van der Waals surface area (Å²) in [4.78, 5) is 14.2. The fraction of sp³-hybridized carbons (Fsp3) is 0.312. The van der Waals surface area contributed by atoms with E-state index < -0.39 is 10.0 Å². The van der Waals surface area contributed by atoms with Gasteiger partial charge in [0.25, 0.3) is 5.91 Å². The third kappa shape index (κ3) is 3.46. The highest BCUT2D eigenvalue weighted by molar-refractivity contribution is 7.89. The van der Waals surface area contributed by atoms with E-state index in [9.17, 15) is 13.2 Å². The van der Waals surface area contributed by atoms with Crippen molar-refractivity contribution in [2.24, 2.45) is 5.14 Å². The fourth-order valence-corrected chi connectivity index (χ4v) is 3.43. The molecule has 1 aromatic heterocycles. The minimum Gasteiger partial charge on any atom is -0.472 e. The monoisotopic (exact) mass is 334 g/mol. The minimum absolute atomic E-state index is 0.0122. The predicted octanol–water partition coefficient (Wildman–Crippen LogP) is 1.95. The van der Waals surface area contributed by atoms with E-state index >= 15 is 0 Å². The first-order valence-electron chi connectivity index (χ1n) is 7.39. The number of hydrogen-bond acceptors (Lipinski definition) is 4. The Kier molecular flexibility index (Phi) is 4.23. The van der Waals surface area contributed by atoms with Crippen molar-refractivity contribution in [3.8, 4) is 0 Å². The van der Waals surface area contributed by atoms with E-state index in [0.717, 1.165) is 18.4 Å². The predicted molar refractivity (Wildman–Crippen MR) is 84.4 cm³/mol. The van der Waals surface area contributed by atoms with Crippen LogP contribution in [-0.2, 0) is 10.0 Å². The Labute approximate surface area is 134 Å². The maximum atomic E-state index is 12.2. The lowest BCUT2D eigenvalue weighted by Gasteiger charge is -2.32. The molecule has 1 amide bonds. The number of likely N-dealkylation sites (tertiary alicyclic amines) is 1. The molecule has 23 heavy (non-hydrogen) atoms. The first kappa shape index (κ1) is 15.8. The molecule has 1 fully saturated rings. The Morgan fingerprint density at radius 2 is 1.78 bits per heavy atom. The molecular weight excluding hydrogens is 316 g/mol. The van der Waals surface area contributed by atoms with Crippen LogP contribution in [-0.4, -0.2) is 32.3 Å². The van der Waals surface area contributed by atoms with Crippen molar-refractivity contribution in [1.82, 2.24) is 4.90 Å². The van der Waals surface area contributed by atoms with Gasteiger partial charge in [-0.25, -0.2) is 13.6 Å². The van der Waals surface area contributed by atoms with Gasteiger partial charge < -0.3 is 9.32 Å². The van der Waals surface area contributed by atoms with Crippen molar-refractivity contribution in [2.75, 3.05) is 13.1 Å². The molecule has 122 valence electrons. The molecule has 2 heterocycles. The Balaban J connectivity index is 1.64.